The van der Waals surface area contributed by atoms with Crippen molar-refractivity contribution in [2.75, 3.05) is 29.9 Å². The number of halogens is 1. The van der Waals surface area contributed by atoms with Crippen molar-refractivity contribution in [3.05, 3.63) is 22.2 Å². The molecule has 1 fully saturated rings. The number of likely N-dealkylation sites (N-methyl/N-ethyl adjacent to an activating group) is 1. The molecule has 2 heterocycles. The minimum Gasteiger partial charge on any atom is -0.371 e. The Morgan fingerprint density at radius 3 is 2.76 bits per heavy atom. The highest BCUT2D eigenvalue weighted by molar-refractivity contribution is 9.10. The van der Waals surface area contributed by atoms with Crippen molar-refractivity contribution in [3.63, 3.8) is 0 Å². The van der Waals surface area contributed by atoms with Crippen molar-refractivity contribution in [3.8, 4) is 0 Å². The number of anilines is 2. The van der Waals surface area contributed by atoms with Crippen molar-refractivity contribution >= 4 is 33.2 Å². The number of piperidine rings is 1. The zero-order valence-corrected chi connectivity index (χ0v) is 14.2. The third-order valence-corrected chi connectivity index (χ3v) is 5.12. The molecule has 0 aromatic heterocycles. The molecular weight excluding hydrogens is 330 g/mol. The number of hydrogen-bond donors (Lipinski definition) is 2. The topological polar surface area (TPSA) is 44.4 Å². The van der Waals surface area contributed by atoms with Crippen LogP contribution < -0.4 is 15.5 Å². The maximum Gasteiger partial charge on any atom is 0.246 e. The molecule has 114 valence electrons. The molecule has 1 aromatic rings. The summed E-state index contributed by atoms with van der Waals surface area (Å²) in [4.78, 5) is 14.5. The largest absolute Gasteiger partial charge is 0.371 e. The first-order valence-corrected chi connectivity index (χ1v) is 8.52. The van der Waals surface area contributed by atoms with E-state index in [1.165, 1.54) is 18.5 Å². The lowest BCUT2D eigenvalue weighted by Gasteiger charge is -2.33. The molecule has 5 heteroatoms. The predicted octanol–water partition coefficient (Wildman–Crippen LogP) is 3.29. The first-order valence-electron chi connectivity index (χ1n) is 7.72. The second kappa shape index (κ2) is 5.97. The Labute approximate surface area is 134 Å². The zero-order chi connectivity index (χ0) is 15.0. The molecule has 1 atom stereocenters. The second-order valence-electron chi connectivity index (χ2n) is 6.04. The van der Waals surface area contributed by atoms with Gasteiger partial charge in [0, 0.05) is 28.8 Å². The van der Waals surface area contributed by atoms with Crippen LogP contribution in [0.4, 0.5) is 11.4 Å². The molecule has 0 aliphatic carbocycles. The SMILES string of the molecule is CCNC1C(=O)Nc2cc(N3CCC(C)CC3)c(Br)cc21. The predicted molar refractivity (Wildman–Crippen MR) is 89.8 cm³/mol. The van der Waals surface area contributed by atoms with Gasteiger partial charge < -0.3 is 15.5 Å². The number of amides is 1. The fraction of sp³-hybridized carbons (Fsp3) is 0.562. The quantitative estimate of drug-likeness (QED) is 0.878. The Morgan fingerprint density at radius 1 is 1.38 bits per heavy atom. The smallest absolute Gasteiger partial charge is 0.246 e. The monoisotopic (exact) mass is 351 g/mol. The van der Waals surface area contributed by atoms with E-state index in [1.54, 1.807) is 0 Å². The summed E-state index contributed by atoms with van der Waals surface area (Å²) in [6, 6.07) is 3.98. The number of carbonyl (C=O) groups is 1. The lowest BCUT2D eigenvalue weighted by atomic mass is 9.98. The van der Waals surface area contributed by atoms with E-state index in [4.69, 9.17) is 0 Å². The summed E-state index contributed by atoms with van der Waals surface area (Å²) in [5.41, 5.74) is 3.18. The fourth-order valence-electron chi connectivity index (χ4n) is 3.17. The van der Waals surface area contributed by atoms with Crippen LogP contribution in [0.15, 0.2) is 16.6 Å². The summed E-state index contributed by atoms with van der Waals surface area (Å²) in [6.45, 7) is 7.28. The summed E-state index contributed by atoms with van der Waals surface area (Å²) in [7, 11) is 0. The minimum atomic E-state index is -0.225. The van der Waals surface area contributed by atoms with E-state index in [9.17, 15) is 4.79 Å². The number of rotatable bonds is 3. The van der Waals surface area contributed by atoms with Gasteiger partial charge >= 0.3 is 0 Å². The maximum absolute atomic E-state index is 12.1. The number of fused-ring (bicyclic) bond motifs is 1. The molecule has 0 saturated carbocycles. The van der Waals surface area contributed by atoms with E-state index in [-0.39, 0.29) is 11.9 Å². The van der Waals surface area contributed by atoms with E-state index in [0.717, 1.165) is 41.3 Å². The third-order valence-electron chi connectivity index (χ3n) is 4.48. The summed E-state index contributed by atoms with van der Waals surface area (Å²) in [5, 5.41) is 6.23. The Kier molecular flexibility index (Phi) is 4.22. The molecule has 1 amide bonds. The van der Waals surface area contributed by atoms with E-state index >= 15 is 0 Å². The molecule has 1 aromatic carbocycles. The lowest BCUT2D eigenvalue weighted by Crippen LogP contribution is -2.33. The molecule has 2 aliphatic rings. The van der Waals surface area contributed by atoms with E-state index in [1.807, 2.05) is 6.92 Å². The van der Waals surface area contributed by atoms with Gasteiger partial charge in [-0.05, 0) is 53.4 Å². The molecule has 1 unspecified atom stereocenters. The third kappa shape index (κ3) is 2.81. The van der Waals surface area contributed by atoms with Crippen LogP contribution in [-0.2, 0) is 4.79 Å². The Hall–Kier alpha value is -1.07. The van der Waals surface area contributed by atoms with Gasteiger partial charge in [-0.15, -0.1) is 0 Å². The number of benzene rings is 1. The van der Waals surface area contributed by atoms with Crippen LogP contribution in [0.5, 0.6) is 0 Å². The molecular formula is C16H22BrN3O. The molecule has 4 nitrogen and oxygen atoms in total. The second-order valence-corrected chi connectivity index (χ2v) is 6.89. The summed E-state index contributed by atoms with van der Waals surface area (Å²) < 4.78 is 1.08. The van der Waals surface area contributed by atoms with Crippen LogP contribution in [0, 0.1) is 5.92 Å². The average Bonchev–Trinajstić information content (AvgIpc) is 2.76. The first kappa shape index (κ1) is 14.9. The molecule has 1 saturated heterocycles. The van der Waals surface area contributed by atoms with Crippen molar-refractivity contribution < 1.29 is 4.79 Å². The molecule has 0 radical (unpaired) electrons. The van der Waals surface area contributed by atoms with Gasteiger partial charge in [0.2, 0.25) is 5.91 Å². The van der Waals surface area contributed by atoms with Gasteiger partial charge in [-0.2, -0.15) is 0 Å². The van der Waals surface area contributed by atoms with Crippen molar-refractivity contribution in [2.24, 2.45) is 5.92 Å². The summed E-state index contributed by atoms with van der Waals surface area (Å²) in [5.74, 6) is 0.857. The Bertz CT molecular complexity index is 553. The van der Waals surface area contributed by atoms with Crippen LogP contribution in [0.2, 0.25) is 0 Å². The van der Waals surface area contributed by atoms with Crippen LogP contribution in [-0.4, -0.2) is 25.5 Å². The molecule has 21 heavy (non-hydrogen) atoms. The van der Waals surface area contributed by atoms with Gasteiger partial charge in [0.15, 0.2) is 0 Å². The van der Waals surface area contributed by atoms with Gasteiger partial charge in [0.25, 0.3) is 0 Å². The molecule has 2 aliphatic heterocycles. The number of carbonyl (C=O) groups excluding carboxylic acids is 1. The van der Waals surface area contributed by atoms with Gasteiger partial charge in [0.05, 0.1) is 5.69 Å². The van der Waals surface area contributed by atoms with Crippen LogP contribution in [0.25, 0.3) is 0 Å². The standard InChI is InChI=1S/C16H22BrN3O/c1-3-18-15-11-8-12(17)14(9-13(11)19-16(15)21)20-6-4-10(2)5-7-20/h8-10,15,18H,3-7H2,1-2H3,(H,19,21). The normalized spacial score (nSPS) is 22.3. The summed E-state index contributed by atoms with van der Waals surface area (Å²) in [6.07, 6.45) is 2.46. The van der Waals surface area contributed by atoms with Crippen LogP contribution in [0.1, 0.15) is 38.3 Å². The Morgan fingerprint density at radius 2 is 2.10 bits per heavy atom. The minimum absolute atomic E-state index is 0.0446. The number of nitrogens with zero attached hydrogens (tertiary/aromatic N) is 1. The van der Waals surface area contributed by atoms with E-state index in [0.29, 0.717) is 0 Å². The molecule has 3 rings (SSSR count). The highest BCUT2D eigenvalue weighted by atomic mass is 79.9. The molecule has 0 spiro atoms. The fourth-order valence-corrected chi connectivity index (χ4v) is 3.78. The van der Waals surface area contributed by atoms with Crippen molar-refractivity contribution in [1.82, 2.24) is 5.32 Å². The molecule has 2 N–H and O–H groups in total. The van der Waals surface area contributed by atoms with Crippen LogP contribution >= 0.6 is 15.9 Å². The van der Waals surface area contributed by atoms with E-state index in [2.05, 4.69) is 50.5 Å². The highest BCUT2D eigenvalue weighted by Crippen LogP contribution is 2.40. The zero-order valence-electron chi connectivity index (χ0n) is 12.6. The average molecular weight is 352 g/mol. The highest BCUT2D eigenvalue weighted by Gasteiger charge is 2.31. The number of nitrogens with one attached hydrogen (secondary N) is 2. The van der Waals surface area contributed by atoms with Crippen molar-refractivity contribution in [2.45, 2.75) is 32.7 Å². The first-order chi connectivity index (χ1) is 10.1. The van der Waals surface area contributed by atoms with Crippen molar-refractivity contribution in [1.29, 1.82) is 0 Å². The number of hydrogen-bond acceptors (Lipinski definition) is 3. The van der Waals surface area contributed by atoms with Gasteiger partial charge in [-0.25, -0.2) is 0 Å². The van der Waals surface area contributed by atoms with Gasteiger partial charge in [-0.3, -0.25) is 4.79 Å². The van der Waals surface area contributed by atoms with E-state index < -0.39 is 0 Å². The Balaban J connectivity index is 1.89. The molecule has 0 bridgehead atoms. The summed E-state index contributed by atoms with van der Waals surface area (Å²) >= 11 is 3.69. The lowest BCUT2D eigenvalue weighted by molar-refractivity contribution is -0.117. The van der Waals surface area contributed by atoms with Crippen LogP contribution in [0.3, 0.4) is 0 Å². The van der Waals surface area contributed by atoms with Gasteiger partial charge in [-0.1, -0.05) is 13.8 Å². The van der Waals surface area contributed by atoms with Gasteiger partial charge in [0.1, 0.15) is 6.04 Å². The maximum atomic E-state index is 12.1.